The molecule has 0 radical (unpaired) electrons. The van der Waals surface area contributed by atoms with Crippen LogP contribution in [-0.2, 0) is 16.4 Å². The Hall–Kier alpha value is -0.950. The highest BCUT2D eigenvalue weighted by atomic mass is 32.2. The zero-order chi connectivity index (χ0) is 14.6. The Morgan fingerprint density at radius 1 is 1.10 bits per heavy atom. The number of aliphatic hydroxyl groups is 1. The van der Waals surface area contributed by atoms with E-state index in [2.05, 4.69) is 4.90 Å². The lowest BCUT2D eigenvalue weighted by atomic mass is 10.1. The van der Waals surface area contributed by atoms with Crippen LogP contribution < -0.4 is 0 Å². The Bertz CT molecular complexity index is 520. The number of benzene rings is 1. The lowest BCUT2D eigenvalue weighted by Crippen LogP contribution is -2.46. The van der Waals surface area contributed by atoms with Gasteiger partial charge in [-0.25, -0.2) is 8.42 Å². The summed E-state index contributed by atoms with van der Waals surface area (Å²) in [6, 6.07) is 7.00. The summed E-state index contributed by atoms with van der Waals surface area (Å²) < 4.78 is 26.5. The fourth-order valence-corrected chi connectivity index (χ4v) is 3.71. The maximum Gasteiger partial charge on any atom is 0.243 e. The molecule has 2 rings (SSSR count). The van der Waals surface area contributed by atoms with Gasteiger partial charge in [0.1, 0.15) is 0 Å². The third kappa shape index (κ3) is 3.58. The van der Waals surface area contributed by atoms with Gasteiger partial charge in [-0.05, 0) is 37.6 Å². The average molecular weight is 298 g/mol. The first kappa shape index (κ1) is 15.4. The molecule has 0 bridgehead atoms. The SMILES string of the molecule is CN1CCN(S(=O)(=O)c2ccc(CCCO)cc2)CC1. The van der Waals surface area contributed by atoms with Gasteiger partial charge in [-0.3, -0.25) is 0 Å². The van der Waals surface area contributed by atoms with Gasteiger partial charge < -0.3 is 10.0 Å². The summed E-state index contributed by atoms with van der Waals surface area (Å²) in [5.74, 6) is 0. The number of aliphatic hydroxyl groups excluding tert-OH is 1. The molecule has 1 saturated heterocycles. The zero-order valence-electron chi connectivity index (χ0n) is 11.8. The van der Waals surface area contributed by atoms with Gasteiger partial charge in [-0.2, -0.15) is 4.31 Å². The van der Waals surface area contributed by atoms with Crippen LogP contribution in [0.2, 0.25) is 0 Å². The van der Waals surface area contributed by atoms with Gasteiger partial charge in [0.2, 0.25) is 10.0 Å². The standard InChI is InChI=1S/C14H22N2O3S/c1-15-8-10-16(11-9-15)20(18,19)14-6-4-13(5-7-14)3-2-12-17/h4-7,17H,2-3,8-12H2,1H3. The van der Waals surface area contributed by atoms with Gasteiger partial charge >= 0.3 is 0 Å². The van der Waals surface area contributed by atoms with E-state index in [1.165, 1.54) is 0 Å². The van der Waals surface area contributed by atoms with E-state index < -0.39 is 10.0 Å². The van der Waals surface area contributed by atoms with E-state index in [-0.39, 0.29) is 6.61 Å². The predicted octanol–water partition coefficient (Wildman–Crippen LogP) is 0.548. The van der Waals surface area contributed by atoms with Crippen molar-refractivity contribution in [2.45, 2.75) is 17.7 Å². The van der Waals surface area contributed by atoms with Crippen molar-refractivity contribution >= 4 is 10.0 Å². The highest BCUT2D eigenvalue weighted by Gasteiger charge is 2.27. The first-order valence-corrected chi connectivity index (χ1v) is 8.36. The number of hydrogen-bond donors (Lipinski definition) is 1. The number of aryl methyl sites for hydroxylation is 1. The summed E-state index contributed by atoms with van der Waals surface area (Å²) in [6.07, 6.45) is 1.47. The van der Waals surface area contributed by atoms with E-state index in [1.54, 1.807) is 16.4 Å². The Morgan fingerprint density at radius 3 is 2.25 bits per heavy atom. The van der Waals surface area contributed by atoms with Crippen molar-refractivity contribution in [3.63, 3.8) is 0 Å². The van der Waals surface area contributed by atoms with Crippen LogP contribution in [0.3, 0.4) is 0 Å². The maximum absolute atomic E-state index is 12.5. The van der Waals surface area contributed by atoms with Crippen LogP contribution in [0.5, 0.6) is 0 Å². The van der Waals surface area contributed by atoms with Crippen molar-refractivity contribution < 1.29 is 13.5 Å². The summed E-state index contributed by atoms with van der Waals surface area (Å²) in [6.45, 7) is 2.79. The molecule has 0 aromatic heterocycles. The van der Waals surface area contributed by atoms with Crippen LogP contribution in [0.15, 0.2) is 29.2 Å². The number of likely N-dealkylation sites (N-methyl/N-ethyl adjacent to an activating group) is 1. The molecule has 0 unspecified atom stereocenters. The highest BCUT2D eigenvalue weighted by molar-refractivity contribution is 7.89. The van der Waals surface area contributed by atoms with Crippen molar-refractivity contribution in [3.8, 4) is 0 Å². The monoisotopic (exact) mass is 298 g/mol. The molecule has 1 heterocycles. The van der Waals surface area contributed by atoms with Crippen molar-refractivity contribution in [2.75, 3.05) is 39.8 Å². The van der Waals surface area contributed by atoms with E-state index in [1.807, 2.05) is 19.2 Å². The molecule has 5 nitrogen and oxygen atoms in total. The molecular weight excluding hydrogens is 276 g/mol. The Morgan fingerprint density at radius 2 is 1.70 bits per heavy atom. The zero-order valence-corrected chi connectivity index (χ0v) is 12.6. The van der Waals surface area contributed by atoms with Crippen molar-refractivity contribution in [3.05, 3.63) is 29.8 Å². The number of rotatable bonds is 5. The third-order valence-corrected chi connectivity index (χ3v) is 5.56. The predicted molar refractivity (Wildman–Crippen MR) is 78.1 cm³/mol. The molecule has 0 atom stereocenters. The number of nitrogens with zero attached hydrogens (tertiary/aromatic N) is 2. The number of hydrogen-bond acceptors (Lipinski definition) is 4. The Balaban J connectivity index is 2.09. The Kier molecular flexibility index (Phi) is 5.15. The van der Waals surface area contributed by atoms with Gasteiger partial charge in [0.05, 0.1) is 4.90 Å². The summed E-state index contributed by atoms with van der Waals surface area (Å²) in [4.78, 5) is 2.49. The molecule has 0 aliphatic carbocycles. The van der Waals surface area contributed by atoms with Crippen LogP contribution in [0.4, 0.5) is 0 Å². The van der Waals surface area contributed by atoms with Gasteiger partial charge in [0, 0.05) is 32.8 Å². The van der Waals surface area contributed by atoms with Gasteiger partial charge in [0.15, 0.2) is 0 Å². The lowest BCUT2D eigenvalue weighted by Gasteiger charge is -2.31. The fraction of sp³-hybridized carbons (Fsp3) is 0.571. The molecule has 20 heavy (non-hydrogen) atoms. The summed E-state index contributed by atoms with van der Waals surface area (Å²) in [5, 5.41) is 8.80. The fourth-order valence-electron chi connectivity index (χ4n) is 2.29. The van der Waals surface area contributed by atoms with E-state index in [0.717, 1.165) is 25.1 Å². The molecule has 1 fully saturated rings. The van der Waals surface area contributed by atoms with Crippen molar-refractivity contribution in [1.82, 2.24) is 9.21 Å². The Labute approximate surface area is 120 Å². The summed E-state index contributed by atoms with van der Waals surface area (Å²) >= 11 is 0. The molecule has 6 heteroatoms. The molecule has 1 N–H and O–H groups in total. The van der Waals surface area contributed by atoms with Gasteiger partial charge in [0.25, 0.3) is 0 Å². The second-order valence-electron chi connectivity index (χ2n) is 5.18. The van der Waals surface area contributed by atoms with Gasteiger partial charge in [-0.1, -0.05) is 12.1 Å². The van der Waals surface area contributed by atoms with Crippen LogP contribution in [0.1, 0.15) is 12.0 Å². The molecule has 1 aromatic carbocycles. The first-order valence-electron chi connectivity index (χ1n) is 6.92. The minimum atomic E-state index is -3.37. The van der Waals surface area contributed by atoms with E-state index in [0.29, 0.717) is 24.4 Å². The second kappa shape index (κ2) is 6.67. The minimum absolute atomic E-state index is 0.154. The molecule has 0 spiro atoms. The molecule has 1 aromatic rings. The van der Waals surface area contributed by atoms with E-state index >= 15 is 0 Å². The average Bonchev–Trinajstić information content (AvgIpc) is 2.46. The smallest absolute Gasteiger partial charge is 0.243 e. The van der Waals surface area contributed by atoms with Crippen LogP contribution in [0.25, 0.3) is 0 Å². The second-order valence-corrected chi connectivity index (χ2v) is 7.12. The normalized spacial score (nSPS) is 18.3. The van der Waals surface area contributed by atoms with Crippen LogP contribution in [-0.4, -0.2) is 62.6 Å². The molecule has 0 amide bonds. The molecule has 1 aliphatic rings. The lowest BCUT2D eigenvalue weighted by molar-refractivity contribution is 0.222. The molecular formula is C14H22N2O3S. The van der Waals surface area contributed by atoms with Crippen LogP contribution >= 0.6 is 0 Å². The van der Waals surface area contributed by atoms with Gasteiger partial charge in [-0.15, -0.1) is 0 Å². The molecule has 1 aliphatic heterocycles. The van der Waals surface area contributed by atoms with Crippen molar-refractivity contribution in [2.24, 2.45) is 0 Å². The number of piperazine rings is 1. The number of sulfonamides is 1. The van der Waals surface area contributed by atoms with Crippen molar-refractivity contribution in [1.29, 1.82) is 0 Å². The largest absolute Gasteiger partial charge is 0.396 e. The molecule has 112 valence electrons. The topological polar surface area (TPSA) is 60.9 Å². The summed E-state index contributed by atoms with van der Waals surface area (Å²) in [7, 11) is -1.37. The van der Waals surface area contributed by atoms with E-state index in [4.69, 9.17) is 5.11 Å². The molecule has 0 saturated carbocycles. The quantitative estimate of drug-likeness (QED) is 0.862. The summed E-state index contributed by atoms with van der Waals surface area (Å²) in [5.41, 5.74) is 1.05. The first-order chi connectivity index (χ1) is 9.54. The maximum atomic E-state index is 12.5. The van der Waals surface area contributed by atoms with Crippen LogP contribution in [0, 0.1) is 0 Å². The third-order valence-electron chi connectivity index (χ3n) is 3.65. The van der Waals surface area contributed by atoms with E-state index in [9.17, 15) is 8.42 Å². The minimum Gasteiger partial charge on any atom is -0.396 e. The highest BCUT2D eigenvalue weighted by Crippen LogP contribution is 2.18.